The second-order valence-corrected chi connectivity index (χ2v) is 28.8. The molecule has 6 heterocycles. The van der Waals surface area contributed by atoms with Crippen molar-refractivity contribution in [3.05, 3.63) is 11.8 Å². The van der Waals surface area contributed by atoms with Crippen molar-refractivity contribution >= 4 is 96.4 Å². The van der Waals surface area contributed by atoms with Crippen molar-refractivity contribution in [1.82, 2.24) is 14.8 Å². The number of carbonyl (C=O) groups excluding carboxylic acids is 1. The quantitative estimate of drug-likeness (QED) is 0.0287. The summed E-state index contributed by atoms with van der Waals surface area (Å²) < 4.78 is 316. The van der Waals surface area contributed by atoms with E-state index in [1.165, 1.54) is 9.44 Å². The van der Waals surface area contributed by atoms with E-state index in [0.29, 0.717) is 6.92 Å². The summed E-state index contributed by atoms with van der Waals surface area (Å²) in [6.07, 6.45) is -69.2. The maximum absolute atomic E-state index is 13.0. The van der Waals surface area contributed by atoms with Gasteiger partial charge in [0.15, 0.2) is 49.8 Å². The van der Waals surface area contributed by atoms with Gasteiger partial charge in [0.2, 0.25) is 18.0 Å². The molecule has 580 valence electrons. The highest BCUT2D eigenvalue weighted by molar-refractivity contribution is 7.84. The lowest BCUT2D eigenvalue weighted by Crippen LogP contribution is -2.71. The molecule has 21 N–H and O–H groups in total. The minimum absolute atomic E-state index is 0.257. The Kier molecular flexibility index (Phi) is 27.7. The largest absolute Gasteiger partial charge is 0.479 e. The van der Waals surface area contributed by atoms with Crippen LogP contribution in [0.25, 0.3) is 0 Å². The first kappa shape index (κ1) is 84.7. The highest BCUT2D eigenvalue weighted by atomic mass is 32.3. The van der Waals surface area contributed by atoms with Gasteiger partial charge >= 0.3 is 90.5 Å². The van der Waals surface area contributed by atoms with Gasteiger partial charge in [-0.2, -0.15) is 68.4 Å². The van der Waals surface area contributed by atoms with Crippen LogP contribution < -0.4 is 14.8 Å². The zero-order valence-electron chi connectivity index (χ0n) is 48.7. The van der Waals surface area contributed by atoms with Crippen LogP contribution in [-0.2, 0) is 165 Å². The summed E-state index contributed by atoms with van der Waals surface area (Å²) in [5.74, 6) is -9.34. The van der Waals surface area contributed by atoms with Crippen LogP contribution in [0.3, 0.4) is 0 Å². The molecule has 5 saturated heterocycles. The number of hydrogen-bond acceptors (Lipinski definition) is 42. The van der Waals surface area contributed by atoms with Gasteiger partial charge in [-0.05, 0) is 6.08 Å². The highest BCUT2D eigenvalue weighted by Gasteiger charge is 2.61. The second-order valence-electron chi connectivity index (χ2n) is 21.0. The van der Waals surface area contributed by atoms with Gasteiger partial charge in [-0.15, -0.1) is 0 Å². The van der Waals surface area contributed by atoms with Crippen molar-refractivity contribution in [3.8, 4) is 0 Å². The predicted octanol–water partition coefficient (Wildman–Crippen LogP) is -14.6. The van der Waals surface area contributed by atoms with E-state index in [0.717, 1.165) is 0 Å². The van der Waals surface area contributed by atoms with Gasteiger partial charge in [0.25, 0.3) is 0 Å². The summed E-state index contributed by atoms with van der Waals surface area (Å²) in [6.45, 7) is -4.43. The monoisotopic (exact) mass is 1610 g/mol. The molecule has 6 rings (SSSR count). The normalized spacial score (nSPS) is 39.0. The van der Waals surface area contributed by atoms with Crippen LogP contribution in [0.2, 0.25) is 0 Å². The van der Waals surface area contributed by atoms with Crippen molar-refractivity contribution < 1.29 is 239 Å². The third kappa shape index (κ3) is 23.4. The van der Waals surface area contributed by atoms with Crippen LogP contribution in [0, 0.1) is 0 Å². The van der Waals surface area contributed by atoms with E-state index in [1.54, 1.807) is 0 Å². The Morgan fingerprint density at radius 2 is 0.770 bits per heavy atom. The predicted molar refractivity (Wildman–Crippen MR) is 288 cm³/mol. The third-order valence-electron chi connectivity index (χ3n) is 14.0. The van der Waals surface area contributed by atoms with Crippen LogP contribution in [0.15, 0.2) is 11.8 Å². The van der Waals surface area contributed by atoms with E-state index in [-0.39, 0.29) is 6.08 Å². The lowest BCUT2D eigenvalue weighted by atomic mass is 9.94. The number of carbonyl (C=O) groups is 4. The van der Waals surface area contributed by atoms with Crippen molar-refractivity contribution in [2.45, 2.75) is 179 Å². The molecule has 5 fully saturated rings. The molecule has 0 bridgehead atoms. The summed E-state index contributed by atoms with van der Waals surface area (Å²) in [5.41, 5.74) is 0. The summed E-state index contributed by atoms with van der Waals surface area (Å²) in [4.78, 5) is 50.5. The summed E-state index contributed by atoms with van der Waals surface area (Å²) in [6, 6.07) is -7.96. The molecule has 0 aromatic rings. The van der Waals surface area contributed by atoms with E-state index in [2.05, 4.69) is 20.9 Å². The fourth-order valence-electron chi connectivity index (χ4n) is 10.1. The summed E-state index contributed by atoms with van der Waals surface area (Å²) in [7, 11) is -40.2. The smallest absolute Gasteiger partial charge is 0.397 e. The molecular formula is C38H59N3O52S7. The maximum atomic E-state index is 13.0. The Hall–Kier alpha value is -4.21. The van der Waals surface area contributed by atoms with Crippen molar-refractivity contribution in [3.63, 3.8) is 0 Å². The Morgan fingerprint density at radius 1 is 0.410 bits per heavy atom. The fraction of sp³-hybridized carbons (Fsp3) is 0.842. The van der Waals surface area contributed by atoms with Gasteiger partial charge in [0.05, 0.1) is 19.8 Å². The molecule has 0 aromatic carbocycles. The molecule has 0 saturated carbocycles. The molecule has 1 amide bonds. The molecule has 28 atom stereocenters. The zero-order valence-corrected chi connectivity index (χ0v) is 54.4. The third-order valence-corrected chi connectivity index (χ3v) is 17.3. The minimum atomic E-state index is -5.97. The SMILES string of the molecule is CC(=O)N[C@H]1[C@@H](O[C@H]2[C@H](O)[C@@H](O)[C@H](O[C@H]3[C@H](OS(=O)(=O)O)[C@@H](NS(=O)(=O)O)[C@@H](O)O[C@@H]3COS(=O)(=O)O)O[C@@H]2C(=O)O)O[C@H](COS(=O)(=O)O)[C@@H](O[C@@H]2O[C@@H](C(=O)O)[C@@H](O[C@H]3O[C@H](COS(=O)(=O)O)[C@@H](O[C@@H]4OC(C(=O)O)=C[C@H](O)[C@H]4OS(=O)(=O)O)[C@H](O)[C@H]3NS(=O)(=O)O)[C@H](O)[C@H]2O)[C@@H]1O. The second kappa shape index (κ2) is 32.7. The molecule has 0 radical (unpaired) electrons. The number of aliphatic hydroxyl groups is 8. The molecule has 6 aliphatic rings. The number of carboxylic acids is 3. The molecular weight excluding hydrogens is 1550 g/mol. The lowest BCUT2D eigenvalue weighted by molar-refractivity contribution is -0.376. The number of nitrogens with one attached hydrogen (secondary N) is 3. The molecule has 100 heavy (non-hydrogen) atoms. The van der Waals surface area contributed by atoms with Gasteiger partial charge < -0.3 is 114 Å². The van der Waals surface area contributed by atoms with Crippen LogP contribution in [0.1, 0.15) is 6.92 Å². The van der Waals surface area contributed by atoms with Crippen LogP contribution in [0.5, 0.6) is 0 Å². The van der Waals surface area contributed by atoms with Gasteiger partial charge in [-0.3, -0.25) is 36.7 Å². The Morgan fingerprint density at radius 3 is 1.15 bits per heavy atom. The Balaban J connectivity index is 1.31. The van der Waals surface area contributed by atoms with Gasteiger partial charge in [0.1, 0.15) is 116 Å². The minimum Gasteiger partial charge on any atom is -0.479 e. The van der Waals surface area contributed by atoms with Crippen LogP contribution in [-0.4, -0.2) is 362 Å². The number of amides is 1. The van der Waals surface area contributed by atoms with E-state index in [9.17, 15) is 166 Å². The molecule has 0 spiro atoms. The molecule has 55 nitrogen and oxygen atoms in total. The van der Waals surface area contributed by atoms with E-state index in [4.69, 9.17) is 52.1 Å². The number of aliphatic carboxylic acids is 3. The van der Waals surface area contributed by atoms with Gasteiger partial charge in [-0.25, -0.2) is 35.3 Å². The van der Waals surface area contributed by atoms with E-state index >= 15 is 0 Å². The Bertz CT molecular complexity index is 3790. The standard InChI is InChI=1S/C38H59N3O52S7/c1-6(42)39-12-15(44)22(9(3-78-96(63,64)65)83-34(12)88-26-18(47)20(49)37(91-28(26)31(52)53)87-24-11(5-80-98(69,70)71)81-33(56)14(41-95(60,61)62)25(24)93-100(75,76)77)85-36-19(48)17(46)27(29(90-36)32(54)55)89-35-13(40-94(57,58)59)16(45)23(10(84-35)4-79-97(66,67)68)86-38-21(92-99(72,73)74)7(43)2-8(82-38)30(50)51/h2,7,9-29,33-38,40-41,43-49,56H,3-5H2,1H3,(H,39,42)(H,50,51)(H,52,53)(H,54,55)(H,57,58,59)(H,60,61,62)(H,63,64,65)(H,66,67,68)(H,69,70,71)(H,72,73,74)(H,75,76,77)/t7-,9+,10+,11+,12+,13+,14+,15+,16+,17+,18+,19+,20+,21+,22+,23+,24+,25+,26-,27-,28-,29+,33-,34+,35+,36+,37+,38-/m0/s1. The first-order valence-electron chi connectivity index (χ1n) is 26.5. The van der Waals surface area contributed by atoms with E-state index in [1.807, 2.05) is 5.32 Å². The number of carboxylic acid groups (broad SMARTS) is 3. The average Bonchev–Trinajstić information content (AvgIpc) is 0.770. The van der Waals surface area contributed by atoms with Crippen molar-refractivity contribution in [2.24, 2.45) is 0 Å². The molecule has 62 heteroatoms. The number of ether oxygens (including phenoxy) is 11. The number of aliphatic hydroxyl groups excluding tert-OH is 8. The molecule has 6 aliphatic heterocycles. The number of hydrogen-bond donors (Lipinski definition) is 21. The van der Waals surface area contributed by atoms with Crippen molar-refractivity contribution in [1.29, 1.82) is 0 Å². The zero-order chi connectivity index (χ0) is 75.8. The van der Waals surface area contributed by atoms with E-state index < -0.39 is 294 Å². The first-order chi connectivity index (χ1) is 45.5. The topological polar surface area (TPSA) is 855 Å². The first-order valence-corrected chi connectivity index (χ1v) is 36.2. The van der Waals surface area contributed by atoms with Crippen LogP contribution >= 0.6 is 0 Å². The molecule has 0 aliphatic carbocycles. The summed E-state index contributed by atoms with van der Waals surface area (Å²) >= 11 is 0. The highest BCUT2D eigenvalue weighted by Crippen LogP contribution is 2.38. The summed E-state index contributed by atoms with van der Waals surface area (Å²) in [5, 5.41) is 123. The number of rotatable bonds is 31. The Labute approximate surface area is 558 Å². The molecule has 0 aromatic heterocycles. The van der Waals surface area contributed by atoms with Gasteiger partial charge in [-0.1, -0.05) is 0 Å². The van der Waals surface area contributed by atoms with Gasteiger partial charge in [0, 0.05) is 6.92 Å². The van der Waals surface area contributed by atoms with Crippen LogP contribution in [0.4, 0.5) is 0 Å². The lowest BCUT2D eigenvalue weighted by Gasteiger charge is -2.50. The molecule has 0 unspecified atom stereocenters. The fourth-order valence-corrected chi connectivity index (χ4v) is 13.2. The van der Waals surface area contributed by atoms with Crippen molar-refractivity contribution in [2.75, 3.05) is 19.8 Å². The average molecular weight is 1610 g/mol. The maximum Gasteiger partial charge on any atom is 0.397 e.